The number of aliphatic imine (C=N–C) groups is 1. The Labute approximate surface area is 292 Å². The average Bonchev–Trinajstić information content (AvgIpc) is 3.20. The third-order valence-electron chi connectivity index (χ3n) is 9.34. The van der Waals surface area contributed by atoms with E-state index in [9.17, 15) is 5.41 Å². The van der Waals surface area contributed by atoms with Crippen LogP contribution in [0.5, 0.6) is 0 Å². The molecular formula is C47H35N3. The van der Waals surface area contributed by atoms with Gasteiger partial charge in [-0.2, -0.15) is 0 Å². The molecule has 50 heavy (non-hydrogen) atoms. The van der Waals surface area contributed by atoms with Gasteiger partial charge in [-0.05, 0) is 104 Å². The molecule has 0 saturated heterocycles. The highest BCUT2D eigenvalue weighted by Crippen LogP contribution is 2.35. The molecule has 7 aromatic rings. The number of hydrogen-bond donors (Lipinski definition) is 1. The second-order valence-electron chi connectivity index (χ2n) is 12.6. The summed E-state index contributed by atoms with van der Waals surface area (Å²) in [5.41, 5.74) is 10.9. The van der Waals surface area contributed by atoms with Crippen LogP contribution in [0.4, 0.5) is 0 Å². The summed E-state index contributed by atoms with van der Waals surface area (Å²) < 4.78 is 0. The van der Waals surface area contributed by atoms with Crippen LogP contribution >= 0.6 is 0 Å². The number of pyridine rings is 1. The molecule has 3 heteroatoms. The average molecular weight is 642 g/mol. The highest BCUT2D eigenvalue weighted by atomic mass is 14.7. The van der Waals surface area contributed by atoms with Crippen molar-refractivity contribution in [3.8, 4) is 22.3 Å². The van der Waals surface area contributed by atoms with Gasteiger partial charge in [-0.1, -0.05) is 133 Å². The van der Waals surface area contributed by atoms with Gasteiger partial charge < -0.3 is 5.41 Å². The fourth-order valence-electron chi connectivity index (χ4n) is 6.76. The van der Waals surface area contributed by atoms with E-state index < -0.39 is 0 Å². The quantitative estimate of drug-likeness (QED) is 0.130. The molecule has 0 radical (unpaired) electrons. The Morgan fingerprint density at radius 3 is 2.20 bits per heavy atom. The first-order chi connectivity index (χ1) is 24.7. The van der Waals surface area contributed by atoms with E-state index >= 15 is 0 Å². The van der Waals surface area contributed by atoms with Gasteiger partial charge in [0, 0.05) is 29.7 Å². The first-order valence-electron chi connectivity index (χ1n) is 17.0. The number of rotatable bonds is 8. The third kappa shape index (κ3) is 6.50. The zero-order valence-electron chi connectivity index (χ0n) is 27.6. The monoisotopic (exact) mass is 641 g/mol. The van der Waals surface area contributed by atoms with Gasteiger partial charge in [-0.3, -0.25) is 9.98 Å². The summed E-state index contributed by atoms with van der Waals surface area (Å²) in [6.45, 7) is 0. The van der Waals surface area contributed by atoms with Crippen LogP contribution in [0.1, 0.15) is 29.5 Å². The van der Waals surface area contributed by atoms with Crippen LogP contribution in [0.25, 0.3) is 55.1 Å². The van der Waals surface area contributed by atoms with Crippen molar-refractivity contribution >= 4 is 44.7 Å². The molecule has 8 rings (SSSR count). The third-order valence-corrected chi connectivity index (χ3v) is 9.34. The topological polar surface area (TPSA) is 49.1 Å². The summed E-state index contributed by atoms with van der Waals surface area (Å²) in [7, 11) is 0. The lowest BCUT2D eigenvalue weighted by atomic mass is 9.91. The van der Waals surface area contributed by atoms with E-state index in [1.807, 2.05) is 36.7 Å². The summed E-state index contributed by atoms with van der Waals surface area (Å²) in [4.78, 5) is 9.36. The Kier molecular flexibility index (Phi) is 8.61. The molecule has 6 aromatic carbocycles. The van der Waals surface area contributed by atoms with E-state index in [2.05, 4.69) is 145 Å². The molecule has 1 N–H and O–H groups in total. The zero-order valence-corrected chi connectivity index (χ0v) is 27.6. The summed E-state index contributed by atoms with van der Waals surface area (Å²) >= 11 is 0. The Balaban J connectivity index is 1.14. The van der Waals surface area contributed by atoms with Crippen molar-refractivity contribution in [3.05, 3.63) is 198 Å². The predicted octanol–water partition coefficient (Wildman–Crippen LogP) is 12.0. The Bertz CT molecular complexity index is 2470. The lowest BCUT2D eigenvalue weighted by molar-refractivity contribution is 1.05. The van der Waals surface area contributed by atoms with Crippen molar-refractivity contribution in [1.29, 1.82) is 5.41 Å². The van der Waals surface area contributed by atoms with Gasteiger partial charge in [-0.25, -0.2) is 0 Å². The maximum Gasteiger partial charge on any atom is 0.0723 e. The number of nitrogens with one attached hydrogen (secondary N) is 1. The molecule has 0 saturated carbocycles. The standard InChI is InChI=1S/C47H35N3/c48-46(39-16-8-14-36(27-39)34-11-2-1-3-12-34)30-47(40-17-9-15-37(28-40)41-18-10-26-49-32-41)50-31-33-22-24-35(25-23-33)45-29-38-13-4-5-19-42(38)43-20-6-7-21-44(43)45/h1-7,9-13,15-32,48H,8,14H2/b47-30-,48-46?,50-31+. The maximum atomic E-state index is 9.19. The van der Waals surface area contributed by atoms with Crippen molar-refractivity contribution in [2.45, 2.75) is 12.8 Å². The van der Waals surface area contributed by atoms with Crippen LogP contribution in [0.2, 0.25) is 0 Å². The number of benzene rings is 6. The smallest absolute Gasteiger partial charge is 0.0723 e. The second-order valence-corrected chi connectivity index (χ2v) is 12.6. The largest absolute Gasteiger partial charge is 0.300 e. The molecule has 1 aliphatic rings. The molecule has 0 spiro atoms. The molecule has 0 fully saturated rings. The summed E-state index contributed by atoms with van der Waals surface area (Å²) in [6.07, 6.45) is 13.6. The minimum Gasteiger partial charge on any atom is -0.300 e. The first kappa shape index (κ1) is 30.9. The molecule has 0 bridgehead atoms. The number of nitrogens with zero attached hydrogens (tertiary/aromatic N) is 2. The summed E-state index contributed by atoms with van der Waals surface area (Å²) in [5.74, 6) is 0. The fourth-order valence-corrected chi connectivity index (χ4v) is 6.76. The van der Waals surface area contributed by atoms with E-state index in [0.717, 1.165) is 51.9 Å². The molecule has 0 amide bonds. The first-order valence-corrected chi connectivity index (χ1v) is 17.0. The van der Waals surface area contributed by atoms with Gasteiger partial charge in [0.05, 0.1) is 11.4 Å². The fraction of sp³-hybridized carbons (Fsp3) is 0.0426. The summed E-state index contributed by atoms with van der Waals surface area (Å²) in [5, 5.41) is 14.2. The highest BCUT2D eigenvalue weighted by molar-refractivity contribution is 6.14. The number of aromatic nitrogens is 1. The van der Waals surface area contributed by atoms with Crippen LogP contribution in [0, 0.1) is 5.41 Å². The molecule has 1 heterocycles. The van der Waals surface area contributed by atoms with Gasteiger partial charge in [-0.15, -0.1) is 0 Å². The Morgan fingerprint density at radius 1 is 0.640 bits per heavy atom. The normalized spacial score (nSPS) is 13.4. The van der Waals surface area contributed by atoms with E-state index in [4.69, 9.17) is 4.99 Å². The predicted molar refractivity (Wildman–Crippen MR) is 212 cm³/mol. The van der Waals surface area contributed by atoms with Gasteiger partial charge >= 0.3 is 0 Å². The van der Waals surface area contributed by atoms with Crippen molar-refractivity contribution in [2.24, 2.45) is 4.99 Å². The molecule has 0 aliphatic heterocycles. The van der Waals surface area contributed by atoms with Gasteiger partial charge in [0.15, 0.2) is 0 Å². The minimum absolute atomic E-state index is 0.440. The van der Waals surface area contributed by atoms with E-state index in [0.29, 0.717) is 5.71 Å². The van der Waals surface area contributed by atoms with Crippen LogP contribution in [0.15, 0.2) is 187 Å². The maximum absolute atomic E-state index is 9.19. The van der Waals surface area contributed by atoms with E-state index in [-0.39, 0.29) is 0 Å². The van der Waals surface area contributed by atoms with Crippen molar-refractivity contribution in [3.63, 3.8) is 0 Å². The molecule has 3 nitrogen and oxygen atoms in total. The van der Waals surface area contributed by atoms with Gasteiger partial charge in [0.2, 0.25) is 0 Å². The molecule has 238 valence electrons. The SMILES string of the molecule is N=C(/C=C(\N=C\c1ccc(-c2cc3ccccc3c3ccccc23)cc1)c1cccc(-c2cccnc2)c1)C1=CCCC(c2ccccc2)=C1. The van der Waals surface area contributed by atoms with Crippen LogP contribution in [0.3, 0.4) is 0 Å². The lowest BCUT2D eigenvalue weighted by Gasteiger charge is -2.14. The van der Waals surface area contributed by atoms with Gasteiger partial charge in [0.25, 0.3) is 0 Å². The lowest BCUT2D eigenvalue weighted by Crippen LogP contribution is -2.02. The highest BCUT2D eigenvalue weighted by Gasteiger charge is 2.13. The van der Waals surface area contributed by atoms with E-state index in [1.54, 1.807) is 6.20 Å². The molecular weight excluding hydrogens is 607 g/mol. The summed E-state index contributed by atoms with van der Waals surface area (Å²) in [6, 6.07) is 50.9. The Hall–Kier alpha value is -6.45. The zero-order chi connectivity index (χ0) is 33.7. The van der Waals surface area contributed by atoms with Crippen molar-refractivity contribution in [2.75, 3.05) is 0 Å². The molecule has 0 atom stereocenters. The number of hydrogen-bond acceptors (Lipinski definition) is 3. The van der Waals surface area contributed by atoms with Crippen molar-refractivity contribution in [1.82, 2.24) is 4.98 Å². The molecule has 1 aromatic heterocycles. The number of fused-ring (bicyclic) bond motifs is 3. The van der Waals surface area contributed by atoms with Crippen LogP contribution < -0.4 is 0 Å². The Morgan fingerprint density at radius 2 is 1.38 bits per heavy atom. The minimum atomic E-state index is 0.440. The van der Waals surface area contributed by atoms with Crippen LogP contribution in [-0.4, -0.2) is 16.9 Å². The molecule has 1 aliphatic carbocycles. The van der Waals surface area contributed by atoms with E-state index in [1.165, 1.54) is 38.2 Å². The van der Waals surface area contributed by atoms with Gasteiger partial charge in [0.1, 0.15) is 0 Å². The van der Waals surface area contributed by atoms with Crippen LogP contribution in [-0.2, 0) is 0 Å². The second kappa shape index (κ2) is 14.0. The number of allylic oxidation sites excluding steroid dienone is 5. The van der Waals surface area contributed by atoms with Crippen molar-refractivity contribution < 1.29 is 0 Å². The molecule has 0 unspecified atom stereocenters.